The number of nitrogens with two attached hydrogens (primary N) is 1. The Morgan fingerprint density at radius 1 is 1.32 bits per heavy atom. The molecule has 0 atom stereocenters. The van der Waals surface area contributed by atoms with E-state index in [1.54, 1.807) is 18.0 Å². The number of ether oxygens (including phenoxy) is 1. The summed E-state index contributed by atoms with van der Waals surface area (Å²) in [5.41, 5.74) is 7.73. The Bertz CT molecular complexity index is 690. The largest absolute Gasteiger partial charge is 0.497 e. The lowest BCUT2D eigenvalue weighted by molar-refractivity contribution is 0.415. The van der Waals surface area contributed by atoms with Crippen molar-refractivity contribution in [2.45, 2.75) is 0 Å². The number of benzene rings is 1. The molecule has 19 heavy (non-hydrogen) atoms. The molecule has 0 spiro atoms. The first kappa shape index (κ1) is 11.7. The van der Waals surface area contributed by atoms with Gasteiger partial charge in [-0.3, -0.25) is 0 Å². The number of anilines is 1. The van der Waals surface area contributed by atoms with E-state index >= 15 is 0 Å². The summed E-state index contributed by atoms with van der Waals surface area (Å²) in [6.07, 6.45) is 1.73. The van der Waals surface area contributed by atoms with E-state index in [4.69, 9.17) is 10.5 Å². The molecule has 3 rings (SSSR count). The fourth-order valence-electron chi connectivity index (χ4n) is 1.79. The van der Waals surface area contributed by atoms with Gasteiger partial charge in [-0.2, -0.15) is 9.78 Å². The molecule has 0 aliphatic carbocycles. The van der Waals surface area contributed by atoms with Crippen LogP contribution in [0.5, 0.6) is 5.75 Å². The maximum absolute atomic E-state index is 5.98. The number of nitrogens with zero attached hydrogens (tertiary/aromatic N) is 3. The maximum Gasteiger partial charge on any atom is 0.212 e. The molecule has 3 aromatic rings. The molecule has 0 fully saturated rings. The third-order valence-electron chi connectivity index (χ3n) is 2.70. The van der Waals surface area contributed by atoms with Crippen molar-refractivity contribution in [2.24, 2.45) is 0 Å². The molecule has 2 N–H and O–H groups in total. The second-order valence-corrected chi connectivity index (χ2v) is 4.79. The molecule has 5 nitrogen and oxygen atoms in total. The first-order valence-electron chi connectivity index (χ1n) is 5.68. The van der Waals surface area contributed by atoms with Gasteiger partial charge in [-0.25, -0.2) is 4.98 Å². The van der Waals surface area contributed by atoms with Crippen LogP contribution in [0.2, 0.25) is 0 Å². The molecule has 0 saturated carbocycles. The molecule has 2 aromatic heterocycles. The average Bonchev–Trinajstić information content (AvgIpc) is 3.07. The normalized spacial score (nSPS) is 10.6. The Balaban J connectivity index is 2.04. The maximum atomic E-state index is 5.98. The van der Waals surface area contributed by atoms with Crippen LogP contribution in [0.15, 0.2) is 41.9 Å². The zero-order chi connectivity index (χ0) is 13.2. The van der Waals surface area contributed by atoms with E-state index in [-0.39, 0.29) is 0 Å². The van der Waals surface area contributed by atoms with E-state index in [1.807, 2.05) is 35.7 Å². The lowest BCUT2D eigenvalue weighted by atomic mass is 10.1. The van der Waals surface area contributed by atoms with E-state index in [0.717, 1.165) is 22.1 Å². The summed E-state index contributed by atoms with van der Waals surface area (Å²) in [4.78, 5) is 4.20. The van der Waals surface area contributed by atoms with Crippen LogP contribution in [-0.4, -0.2) is 21.9 Å². The van der Waals surface area contributed by atoms with Crippen molar-refractivity contribution in [1.29, 1.82) is 0 Å². The van der Waals surface area contributed by atoms with E-state index < -0.39 is 0 Å². The van der Waals surface area contributed by atoms with Crippen LogP contribution in [0.4, 0.5) is 5.82 Å². The Morgan fingerprint density at radius 3 is 2.95 bits per heavy atom. The molecular formula is C13H12N4OS. The lowest BCUT2D eigenvalue weighted by Crippen LogP contribution is -2.00. The van der Waals surface area contributed by atoms with Gasteiger partial charge in [-0.05, 0) is 12.1 Å². The van der Waals surface area contributed by atoms with Crippen LogP contribution in [0, 0.1) is 0 Å². The number of methoxy groups -OCH3 is 1. The summed E-state index contributed by atoms with van der Waals surface area (Å²) >= 11 is 1.49. The summed E-state index contributed by atoms with van der Waals surface area (Å²) in [5.74, 6) is 1.35. The topological polar surface area (TPSA) is 66.0 Å². The highest BCUT2D eigenvalue weighted by atomic mass is 32.1. The van der Waals surface area contributed by atoms with Crippen LogP contribution in [-0.2, 0) is 0 Å². The van der Waals surface area contributed by atoms with Crippen molar-refractivity contribution in [3.8, 4) is 22.1 Å². The van der Waals surface area contributed by atoms with Gasteiger partial charge in [0.2, 0.25) is 5.13 Å². The molecule has 0 unspecified atom stereocenters. The standard InChI is InChI=1S/C13H12N4OS/c1-18-10-4-2-3-9(7-10)11-8-12(14)17(16-11)13-15-5-6-19-13/h2-8H,14H2,1H3. The van der Waals surface area contributed by atoms with Gasteiger partial charge in [0.25, 0.3) is 0 Å². The third kappa shape index (κ3) is 2.17. The average molecular weight is 272 g/mol. The van der Waals surface area contributed by atoms with Crippen molar-refractivity contribution < 1.29 is 4.74 Å². The molecule has 0 aliphatic rings. The zero-order valence-corrected chi connectivity index (χ0v) is 11.1. The highest BCUT2D eigenvalue weighted by molar-refractivity contribution is 7.12. The van der Waals surface area contributed by atoms with Crippen LogP contribution in [0.25, 0.3) is 16.4 Å². The number of hydrogen-bond donors (Lipinski definition) is 1. The predicted octanol–water partition coefficient (Wildman–Crippen LogP) is 2.59. The lowest BCUT2D eigenvalue weighted by Gasteiger charge is -2.01. The van der Waals surface area contributed by atoms with Gasteiger partial charge >= 0.3 is 0 Å². The second kappa shape index (κ2) is 4.74. The van der Waals surface area contributed by atoms with Crippen LogP contribution < -0.4 is 10.5 Å². The van der Waals surface area contributed by atoms with E-state index in [1.165, 1.54) is 11.3 Å². The van der Waals surface area contributed by atoms with E-state index in [0.29, 0.717) is 5.82 Å². The fraction of sp³-hybridized carbons (Fsp3) is 0.0769. The van der Waals surface area contributed by atoms with Crippen molar-refractivity contribution in [3.05, 3.63) is 41.9 Å². The van der Waals surface area contributed by atoms with Gasteiger partial charge in [0, 0.05) is 23.2 Å². The number of nitrogen functional groups attached to an aromatic ring is 1. The van der Waals surface area contributed by atoms with Crippen molar-refractivity contribution in [3.63, 3.8) is 0 Å². The van der Waals surface area contributed by atoms with Crippen molar-refractivity contribution in [2.75, 3.05) is 12.8 Å². The minimum absolute atomic E-state index is 0.563. The molecule has 0 aliphatic heterocycles. The Labute approximate surface area is 114 Å². The first-order chi connectivity index (χ1) is 9.28. The van der Waals surface area contributed by atoms with Crippen LogP contribution >= 0.6 is 11.3 Å². The highest BCUT2D eigenvalue weighted by Crippen LogP contribution is 2.26. The van der Waals surface area contributed by atoms with Gasteiger partial charge in [0.15, 0.2) is 0 Å². The minimum atomic E-state index is 0.563. The van der Waals surface area contributed by atoms with Crippen LogP contribution in [0.3, 0.4) is 0 Å². The number of hydrogen-bond acceptors (Lipinski definition) is 5. The quantitative estimate of drug-likeness (QED) is 0.796. The molecule has 1 aromatic carbocycles. The SMILES string of the molecule is COc1cccc(-c2cc(N)n(-c3nccs3)n2)c1. The minimum Gasteiger partial charge on any atom is -0.497 e. The van der Waals surface area contributed by atoms with Gasteiger partial charge in [-0.1, -0.05) is 12.1 Å². The molecule has 96 valence electrons. The Morgan fingerprint density at radius 2 is 2.21 bits per heavy atom. The van der Waals surface area contributed by atoms with E-state index in [2.05, 4.69) is 10.1 Å². The fourth-order valence-corrected chi connectivity index (χ4v) is 2.40. The zero-order valence-electron chi connectivity index (χ0n) is 10.3. The predicted molar refractivity (Wildman–Crippen MR) is 75.6 cm³/mol. The van der Waals surface area contributed by atoms with Gasteiger partial charge in [0.1, 0.15) is 11.6 Å². The van der Waals surface area contributed by atoms with Gasteiger partial charge < -0.3 is 10.5 Å². The highest BCUT2D eigenvalue weighted by Gasteiger charge is 2.10. The summed E-state index contributed by atoms with van der Waals surface area (Å²) in [6.45, 7) is 0. The molecule has 0 radical (unpaired) electrons. The second-order valence-electron chi connectivity index (χ2n) is 3.91. The monoisotopic (exact) mass is 272 g/mol. The van der Waals surface area contributed by atoms with Gasteiger partial charge in [-0.15, -0.1) is 11.3 Å². The number of rotatable bonds is 3. The van der Waals surface area contributed by atoms with Crippen molar-refractivity contribution in [1.82, 2.24) is 14.8 Å². The summed E-state index contributed by atoms with van der Waals surface area (Å²) in [7, 11) is 1.64. The molecule has 6 heteroatoms. The molecule has 0 amide bonds. The molecular weight excluding hydrogens is 260 g/mol. The van der Waals surface area contributed by atoms with Gasteiger partial charge in [0.05, 0.1) is 12.8 Å². The number of thiazole rings is 1. The Kier molecular flexibility index (Phi) is 2.92. The molecule has 0 bridgehead atoms. The number of aromatic nitrogens is 3. The first-order valence-corrected chi connectivity index (χ1v) is 6.56. The van der Waals surface area contributed by atoms with Crippen molar-refractivity contribution >= 4 is 17.2 Å². The molecule has 0 saturated heterocycles. The van der Waals surface area contributed by atoms with E-state index in [9.17, 15) is 0 Å². The summed E-state index contributed by atoms with van der Waals surface area (Å²) in [5, 5.41) is 7.13. The van der Waals surface area contributed by atoms with Crippen LogP contribution in [0.1, 0.15) is 0 Å². The Hall–Kier alpha value is -2.34. The summed E-state index contributed by atoms with van der Waals surface area (Å²) < 4.78 is 6.85. The molecule has 2 heterocycles. The third-order valence-corrected chi connectivity index (χ3v) is 3.45. The smallest absolute Gasteiger partial charge is 0.212 e. The summed E-state index contributed by atoms with van der Waals surface area (Å²) in [6, 6.07) is 9.54.